The zero-order chi connectivity index (χ0) is 15.8. The van der Waals surface area contributed by atoms with Crippen LogP contribution in [0.5, 0.6) is 0 Å². The van der Waals surface area contributed by atoms with Crippen molar-refractivity contribution in [1.29, 1.82) is 0 Å². The summed E-state index contributed by atoms with van der Waals surface area (Å²) in [5, 5.41) is 3.92. The summed E-state index contributed by atoms with van der Waals surface area (Å²) in [5.74, 6) is -0.336. The highest BCUT2D eigenvalue weighted by Crippen LogP contribution is 2.27. The van der Waals surface area contributed by atoms with Crippen LogP contribution in [0.3, 0.4) is 0 Å². The molecule has 1 unspecified atom stereocenters. The third-order valence-corrected chi connectivity index (χ3v) is 4.25. The van der Waals surface area contributed by atoms with Gasteiger partial charge in [-0.05, 0) is 25.2 Å². The summed E-state index contributed by atoms with van der Waals surface area (Å²) in [5.41, 5.74) is 0.752. The molecular weight excluding hydrogens is 284 g/mol. The van der Waals surface area contributed by atoms with E-state index in [0.29, 0.717) is 17.0 Å². The number of fused-ring (bicyclic) bond motifs is 1. The molecule has 1 aromatic heterocycles. The summed E-state index contributed by atoms with van der Waals surface area (Å²) in [6.07, 6.45) is 2.92. The van der Waals surface area contributed by atoms with Gasteiger partial charge in [0.15, 0.2) is 5.78 Å². The standard InChI is InChI=1S/C16H21N2O2S/c1-6-10(8-16(3,4)5)18-11-7-12(19)15-13(14(11)20)17-9(2)21-15/h7,10,18H,1,6,8H2,2-5H3. The molecule has 2 rings (SSSR count). The van der Waals surface area contributed by atoms with E-state index in [1.165, 1.54) is 17.4 Å². The number of hydrogen-bond acceptors (Lipinski definition) is 5. The number of nitrogens with zero attached hydrogens (tertiary/aromatic N) is 1. The van der Waals surface area contributed by atoms with Crippen molar-refractivity contribution in [3.8, 4) is 0 Å². The van der Waals surface area contributed by atoms with Gasteiger partial charge in [0, 0.05) is 12.1 Å². The maximum atomic E-state index is 12.4. The lowest BCUT2D eigenvalue weighted by Crippen LogP contribution is -2.36. The number of ketones is 2. The third-order valence-electron chi connectivity index (χ3n) is 3.26. The van der Waals surface area contributed by atoms with Gasteiger partial charge < -0.3 is 5.32 Å². The van der Waals surface area contributed by atoms with E-state index >= 15 is 0 Å². The van der Waals surface area contributed by atoms with E-state index in [4.69, 9.17) is 0 Å². The van der Waals surface area contributed by atoms with Crippen LogP contribution in [0.4, 0.5) is 0 Å². The zero-order valence-electron chi connectivity index (χ0n) is 12.9. The maximum absolute atomic E-state index is 12.4. The lowest BCUT2D eigenvalue weighted by molar-refractivity contribution is 0.0974. The monoisotopic (exact) mass is 305 g/mol. The van der Waals surface area contributed by atoms with Gasteiger partial charge >= 0.3 is 0 Å². The molecule has 0 aromatic carbocycles. The van der Waals surface area contributed by atoms with Crippen molar-refractivity contribution < 1.29 is 9.59 Å². The van der Waals surface area contributed by atoms with Crippen LogP contribution in [-0.4, -0.2) is 22.6 Å². The average molecular weight is 305 g/mol. The van der Waals surface area contributed by atoms with Gasteiger partial charge in [0.25, 0.3) is 0 Å². The van der Waals surface area contributed by atoms with Crippen LogP contribution in [-0.2, 0) is 0 Å². The van der Waals surface area contributed by atoms with Gasteiger partial charge in [-0.2, -0.15) is 0 Å². The van der Waals surface area contributed by atoms with Crippen LogP contribution in [0.15, 0.2) is 11.8 Å². The zero-order valence-corrected chi connectivity index (χ0v) is 13.8. The van der Waals surface area contributed by atoms with Gasteiger partial charge in [-0.3, -0.25) is 9.59 Å². The minimum absolute atomic E-state index is 0.0642. The second-order valence-electron chi connectivity index (χ2n) is 6.56. The van der Waals surface area contributed by atoms with Crippen LogP contribution in [0, 0.1) is 19.3 Å². The molecule has 1 atom stereocenters. The minimum Gasteiger partial charge on any atom is -0.379 e. The summed E-state index contributed by atoms with van der Waals surface area (Å²) in [7, 11) is 0. The largest absolute Gasteiger partial charge is 0.379 e. The highest BCUT2D eigenvalue weighted by Gasteiger charge is 2.30. The Kier molecular flexibility index (Phi) is 4.33. The summed E-state index contributed by atoms with van der Waals surface area (Å²) < 4.78 is 0. The first-order valence-corrected chi connectivity index (χ1v) is 7.87. The van der Waals surface area contributed by atoms with Gasteiger partial charge in [-0.15, -0.1) is 11.3 Å². The first kappa shape index (κ1) is 15.9. The van der Waals surface area contributed by atoms with Crippen molar-refractivity contribution in [2.75, 3.05) is 0 Å². The average Bonchev–Trinajstić information content (AvgIpc) is 2.75. The van der Waals surface area contributed by atoms with Crippen molar-refractivity contribution in [3.05, 3.63) is 34.3 Å². The van der Waals surface area contributed by atoms with Crippen LogP contribution in [0.1, 0.15) is 58.8 Å². The Morgan fingerprint density at radius 2 is 2.05 bits per heavy atom. The molecule has 0 spiro atoms. The Morgan fingerprint density at radius 3 is 2.62 bits per heavy atom. The molecule has 0 bridgehead atoms. The Labute approximate surface area is 129 Å². The second kappa shape index (κ2) is 5.72. The molecule has 0 amide bonds. The first-order chi connectivity index (χ1) is 9.71. The molecule has 4 nitrogen and oxygen atoms in total. The van der Waals surface area contributed by atoms with Crippen LogP contribution in [0.25, 0.3) is 0 Å². The fourth-order valence-corrected chi connectivity index (χ4v) is 3.26. The number of nitrogens with one attached hydrogen (secondary N) is 1. The predicted octanol–water partition coefficient (Wildman–Crippen LogP) is 3.33. The molecule has 0 saturated heterocycles. The number of thiazole rings is 1. The van der Waals surface area contributed by atoms with Gasteiger partial charge in [-0.25, -0.2) is 4.98 Å². The molecule has 21 heavy (non-hydrogen) atoms. The highest BCUT2D eigenvalue weighted by atomic mass is 32.1. The Balaban J connectivity index is 2.21. The van der Waals surface area contributed by atoms with Crippen LogP contribution >= 0.6 is 11.3 Å². The molecule has 1 radical (unpaired) electrons. The molecule has 0 aliphatic heterocycles. The molecule has 1 aromatic rings. The molecule has 1 aliphatic carbocycles. The number of aryl methyl sites for hydroxylation is 1. The molecule has 1 heterocycles. The van der Waals surface area contributed by atoms with Crippen molar-refractivity contribution in [2.24, 2.45) is 5.41 Å². The van der Waals surface area contributed by atoms with Gasteiger partial charge in [0.2, 0.25) is 5.78 Å². The second-order valence-corrected chi connectivity index (χ2v) is 7.76. The van der Waals surface area contributed by atoms with Crippen molar-refractivity contribution in [2.45, 2.75) is 46.6 Å². The summed E-state index contributed by atoms with van der Waals surface area (Å²) in [6.45, 7) is 12.2. The SMILES string of the molecule is [CH2]CC(CC(C)(C)C)NC1=CC(=O)c2sc(C)nc2C1=O. The Hall–Kier alpha value is -1.49. The summed E-state index contributed by atoms with van der Waals surface area (Å²) in [4.78, 5) is 29.2. The lowest BCUT2D eigenvalue weighted by atomic mass is 9.87. The number of carbonyl (C=O) groups is 2. The van der Waals surface area contributed by atoms with E-state index in [9.17, 15) is 9.59 Å². The first-order valence-electron chi connectivity index (χ1n) is 7.05. The molecule has 113 valence electrons. The van der Waals surface area contributed by atoms with Crippen molar-refractivity contribution in [1.82, 2.24) is 10.3 Å². The third kappa shape index (κ3) is 3.59. The van der Waals surface area contributed by atoms with Gasteiger partial charge in [0.05, 0.1) is 10.7 Å². The van der Waals surface area contributed by atoms with E-state index in [1.807, 2.05) is 0 Å². The number of allylic oxidation sites excluding steroid dienone is 2. The van der Waals surface area contributed by atoms with Crippen LogP contribution in [0.2, 0.25) is 0 Å². The number of rotatable bonds is 4. The highest BCUT2D eigenvalue weighted by molar-refractivity contribution is 7.14. The fourth-order valence-electron chi connectivity index (χ4n) is 2.43. The minimum atomic E-state index is -0.193. The number of aromatic nitrogens is 1. The number of Topliss-reactive ketones (excluding diaryl/α,β-unsaturated/α-hetero) is 1. The van der Waals surface area contributed by atoms with Crippen molar-refractivity contribution in [3.63, 3.8) is 0 Å². The van der Waals surface area contributed by atoms with E-state index in [0.717, 1.165) is 11.4 Å². The van der Waals surface area contributed by atoms with E-state index in [-0.39, 0.29) is 28.7 Å². The summed E-state index contributed by atoms with van der Waals surface area (Å²) in [6, 6.07) is 0.0642. The molecule has 1 aliphatic rings. The Morgan fingerprint density at radius 1 is 1.38 bits per heavy atom. The topological polar surface area (TPSA) is 59.1 Å². The summed E-state index contributed by atoms with van der Waals surface area (Å²) >= 11 is 1.27. The smallest absolute Gasteiger partial charge is 0.228 e. The number of carbonyl (C=O) groups excluding carboxylic acids is 2. The fraction of sp³-hybridized carbons (Fsp3) is 0.500. The van der Waals surface area contributed by atoms with Gasteiger partial charge in [-0.1, -0.05) is 27.7 Å². The molecule has 0 saturated carbocycles. The molecule has 0 fully saturated rings. The lowest BCUT2D eigenvalue weighted by Gasteiger charge is -2.27. The quantitative estimate of drug-likeness (QED) is 0.927. The van der Waals surface area contributed by atoms with Gasteiger partial charge in [0.1, 0.15) is 10.6 Å². The maximum Gasteiger partial charge on any atom is 0.228 e. The van der Waals surface area contributed by atoms with Crippen molar-refractivity contribution >= 4 is 22.9 Å². The van der Waals surface area contributed by atoms with E-state index in [2.05, 4.69) is 38.0 Å². The van der Waals surface area contributed by atoms with E-state index in [1.54, 1.807) is 6.92 Å². The number of hydrogen-bond donors (Lipinski definition) is 1. The Bertz CT molecular complexity index is 608. The normalized spacial score (nSPS) is 16.5. The van der Waals surface area contributed by atoms with Crippen LogP contribution < -0.4 is 5.32 Å². The molecule has 5 heteroatoms. The molecular formula is C16H21N2O2S. The predicted molar refractivity (Wildman–Crippen MR) is 84.6 cm³/mol. The van der Waals surface area contributed by atoms with E-state index < -0.39 is 0 Å². The molecule has 1 N–H and O–H groups in total.